The van der Waals surface area contributed by atoms with Gasteiger partial charge in [-0.25, -0.2) is 0 Å². The molecule has 0 aromatic heterocycles. The van der Waals surface area contributed by atoms with Gasteiger partial charge >= 0.3 is 0 Å². The van der Waals surface area contributed by atoms with Crippen LogP contribution >= 0.6 is 11.6 Å². The van der Waals surface area contributed by atoms with Gasteiger partial charge in [-0.2, -0.15) is 5.26 Å². The van der Waals surface area contributed by atoms with Gasteiger partial charge in [0.05, 0.1) is 5.57 Å². The number of nitrogens with two attached hydrogens (primary N) is 1. The van der Waals surface area contributed by atoms with E-state index in [1.165, 1.54) is 0 Å². The Bertz CT molecular complexity index is 460. The zero-order valence-electron chi connectivity index (χ0n) is 7.25. The molecule has 0 aliphatic carbocycles. The van der Waals surface area contributed by atoms with E-state index in [9.17, 15) is 0 Å². The van der Waals surface area contributed by atoms with Crippen LogP contribution < -0.4 is 10.5 Å². The average molecular weight is 207 g/mol. The monoisotopic (exact) mass is 206 g/mol. The minimum Gasteiger partial charge on any atom is -0.440 e. The van der Waals surface area contributed by atoms with Crippen LogP contribution in [0.15, 0.2) is 29.7 Å². The minimum absolute atomic E-state index is 0.183. The Labute approximate surface area is 86.3 Å². The number of ether oxygens (including phenoxy) is 1. The number of nitrogens with zero attached hydrogens (tertiary/aromatic N) is 1. The third kappa shape index (κ3) is 1.40. The Balaban J connectivity index is 2.45. The molecule has 1 aliphatic heterocycles. The largest absolute Gasteiger partial charge is 0.440 e. The molecule has 0 radical (unpaired) electrons. The summed E-state index contributed by atoms with van der Waals surface area (Å²) in [5.41, 5.74) is 6.88. The van der Waals surface area contributed by atoms with Gasteiger partial charge in [0, 0.05) is 17.0 Å². The van der Waals surface area contributed by atoms with E-state index in [0.29, 0.717) is 22.8 Å². The Morgan fingerprint density at radius 1 is 1.50 bits per heavy atom. The van der Waals surface area contributed by atoms with Crippen molar-refractivity contribution >= 4 is 11.6 Å². The lowest BCUT2D eigenvalue weighted by Gasteiger charge is -2.17. The smallest absolute Gasteiger partial charge is 0.205 e. The second-order valence-corrected chi connectivity index (χ2v) is 3.42. The van der Waals surface area contributed by atoms with Crippen molar-refractivity contribution < 1.29 is 4.74 Å². The molecule has 70 valence electrons. The van der Waals surface area contributed by atoms with Crippen molar-refractivity contribution in [1.29, 1.82) is 5.26 Å². The molecule has 0 amide bonds. The average Bonchev–Trinajstić information content (AvgIpc) is 2.17. The Hall–Kier alpha value is -1.66. The zero-order valence-corrected chi connectivity index (χ0v) is 8.01. The summed E-state index contributed by atoms with van der Waals surface area (Å²) in [6.07, 6.45) is 0.484. The van der Waals surface area contributed by atoms with E-state index in [1.807, 2.05) is 6.07 Å². The molecule has 0 atom stereocenters. The number of fused-ring (bicyclic) bond motifs is 1. The van der Waals surface area contributed by atoms with Crippen LogP contribution in [0.1, 0.15) is 5.56 Å². The summed E-state index contributed by atoms with van der Waals surface area (Å²) in [4.78, 5) is 0. The first-order valence-corrected chi connectivity index (χ1v) is 4.43. The van der Waals surface area contributed by atoms with Gasteiger partial charge in [0.25, 0.3) is 0 Å². The highest BCUT2D eigenvalue weighted by molar-refractivity contribution is 6.30. The lowest BCUT2D eigenvalue weighted by atomic mass is 10.0. The maximum absolute atomic E-state index is 8.76. The Morgan fingerprint density at radius 3 is 3.00 bits per heavy atom. The summed E-state index contributed by atoms with van der Waals surface area (Å²) in [6.45, 7) is 0. The highest BCUT2D eigenvalue weighted by Gasteiger charge is 2.17. The Kier molecular flexibility index (Phi) is 2.06. The van der Waals surface area contributed by atoms with Gasteiger partial charge in [0.1, 0.15) is 11.8 Å². The van der Waals surface area contributed by atoms with Gasteiger partial charge in [-0.3, -0.25) is 0 Å². The highest BCUT2D eigenvalue weighted by atomic mass is 35.5. The van der Waals surface area contributed by atoms with E-state index >= 15 is 0 Å². The van der Waals surface area contributed by atoms with E-state index in [-0.39, 0.29) is 5.88 Å². The predicted molar refractivity (Wildman–Crippen MR) is 52.6 cm³/mol. The third-order valence-electron chi connectivity index (χ3n) is 2.04. The number of hydrogen-bond donors (Lipinski definition) is 1. The first-order chi connectivity index (χ1) is 6.70. The third-order valence-corrected chi connectivity index (χ3v) is 2.28. The summed E-state index contributed by atoms with van der Waals surface area (Å²) in [6, 6.07) is 7.25. The van der Waals surface area contributed by atoms with Crippen molar-refractivity contribution in [2.24, 2.45) is 5.73 Å². The standard InChI is InChI=1S/C10H7ClN2O/c11-8-1-2-9-6(4-8)3-7(5-12)10(13)14-9/h1-2,4H,3,13H2. The lowest BCUT2D eigenvalue weighted by Crippen LogP contribution is -2.16. The molecule has 0 saturated heterocycles. The lowest BCUT2D eigenvalue weighted by molar-refractivity contribution is 0.399. The van der Waals surface area contributed by atoms with Crippen molar-refractivity contribution in [3.63, 3.8) is 0 Å². The second-order valence-electron chi connectivity index (χ2n) is 2.99. The van der Waals surface area contributed by atoms with E-state index in [0.717, 1.165) is 5.56 Å². The normalized spacial score (nSPS) is 14.3. The molecule has 1 aliphatic rings. The van der Waals surface area contributed by atoms with Crippen LogP contribution in [0.3, 0.4) is 0 Å². The van der Waals surface area contributed by atoms with Gasteiger partial charge < -0.3 is 10.5 Å². The number of hydrogen-bond acceptors (Lipinski definition) is 3. The highest BCUT2D eigenvalue weighted by Crippen LogP contribution is 2.30. The van der Waals surface area contributed by atoms with Gasteiger partial charge in [0.2, 0.25) is 5.88 Å². The van der Waals surface area contributed by atoms with Crippen molar-refractivity contribution in [3.8, 4) is 11.8 Å². The maximum atomic E-state index is 8.76. The van der Waals surface area contributed by atoms with Gasteiger partial charge in [-0.05, 0) is 18.2 Å². The van der Waals surface area contributed by atoms with E-state index in [1.54, 1.807) is 18.2 Å². The fourth-order valence-corrected chi connectivity index (χ4v) is 1.53. The van der Waals surface area contributed by atoms with Gasteiger partial charge in [-0.15, -0.1) is 0 Å². The molecule has 4 heteroatoms. The molecule has 14 heavy (non-hydrogen) atoms. The van der Waals surface area contributed by atoms with Crippen LogP contribution in [0.5, 0.6) is 5.75 Å². The summed E-state index contributed by atoms with van der Waals surface area (Å²) < 4.78 is 5.27. The summed E-state index contributed by atoms with van der Waals surface area (Å²) >= 11 is 5.82. The number of nitriles is 1. The Morgan fingerprint density at radius 2 is 2.29 bits per heavy atom. The van der Waals surface area contributed by atoms with E-state index < -0.39 is 0 Å². The fraction of sp³-hybridized carbons (Fsp3) is 0.100. The van der Waals surface area contributed by atoms with Gasteiger partial charge in [-0.1, -0.05) is 11.6 Å². The summed E-state index contributed by atoms with van der Waals surface area (Å²) in [5.74, 6) is 0.855. The molecule has 0 bridgehead atoms. The summed E-state index contributed by atoms with van der Waals surface area (Å²) in [7, 11) is 0. The molecular weight excluding hydrogens is 200 g/mol. The molecule has 1 heterocycles. The minimum atomic E-state index is 0.183. The van der Waals surface area contributed by atoms with Gasteiger partial charge in [0.15, 0.2) is 0 Å². The molecule has 2 rings (SSSR count). The maximum Gasteiger partial charge on any atom is 0.205 e. The number of benzene rings is 1. The number of rotatable bonds is 0. The molecule has 0 spiro atoms. The van der Waals surface area contributed by atoms with Crippen molar-refractivity contribution in [2.45, 2.75) is 6.42 Å². The zero-order chi connectivity index (χ0) is 10.1. The van der Waals surface area contributed by atoms with Crippen LogP contribution in [0.4, 0.5) is 0 Å². The van der Waals surface area contributed by atoms with Crippen molar-refractivity contribution in [2.75, 3.05) is 0 Å². The molecular formula is C10H7ClN2O. The van der Waals surface area contributed by atoms with Crippen LogP contribution in [-0.4, -0.2) is 0 Å². The predicted octanol–water partition coefficient (Wildman–Crippen LogP) is 1.97. The van der Waals surface area contributed by atoms with Crippen LogP contribution in [0.25, 0.3) is 0 Å². The SMILES string of the molecule is N#CC1=C(N)Oc2ccc(Cl)cc2C1. The van der Waals surface area contributed by atoms with Crippen LogP contribution in [-0.2, 0) is 6.42 Å². The molecule has 0 saturated carbocycles. The first-order valence-electron chi connectivity index (χ1n) is 4.05. The van der Waals surface area contributed by atoms with Crippen LogP contribution in [0, 0.1) is 11.3 Å². The molecule has 0 fully saturated rings. The quantitative estimate of drug-likeness (QED) is 0.706. The van der Waals surface area contributed by atoms with Crippen molar-refractivity contribution in [1.82, 2.24) is 0 Å². The fourth-order valence-electron chi connectivity index (χ4n) is 1.34. The van der Waals surface area contributed by atoms with Crippen LogP contribution in [0.2, 0.25) is 5.02 Å². The van der Waals surface area contributed by atoms with Crippen molar-refractivity contribution in [3.05, 3.63) is 40.2 Å². The second kappa shape index (κ2) is 3.24. The number of halogens is 1. The van der Waals surface area contributed by atoms with E-state index in [2.05, 4.69) is 0 Å². The molecule has 1 aromatic rings. The molecule has 3 nitrogen and oxygen atoms in total. The molecule has 1 aromatic carbocycles. The van der Waals surface area contributed by atoms with E-state index in [4.69, 9.17) is 27.3 Å². The topological polar surface area (TPSA) is 59.0 Å². The molecule has 2 N–H and O–H groups in total. The number of allylic oxidation sites excluding steroid dienone is 1. The first kappa shape index (κ1) is 8.92. The molecule has 0 unspecified atom stereocenters. The summed E-state index contributed by atoms with van der Waals surface area (Å²) in [5, 5.41) is 9.39.